The third-order valence-electron chi connectivity index (χ3n) is 2.73. The molecular weight excluding hydrogens is 314 g/mol. The predicted molar refractivity (Wildman–Crippen MR) is 74.0 cm³/mol. The van der Waals surface area contributed by atoms with E-state index in [1.165, 1.54) is 30.4 Å². The van der Waals surface area contributed by atoms with Gasteiger partial charge in [0.05, 0.1) is 11.3 Å². The van der Waals surface area contributed by atoms with Crippen molar-refractivity contribution in [3.63, 3.8) is 0 Å². The number of rotatable bonds is 3. The van der Waals surface area contributed by atoms with Crippen molar-refractivity contribution >= 4 is 38.3 Å². The number of nitrogens with zero attached hydrogens (tertiary/aromatic N) is 2. The normalized spacial score (nSPS) is 14.5. The summed E-state index contributed by atoms with van der Waals surface area (Å²) in [4.78, 5) is 20.4. The topological polar surface area (TPSA) is 54.9 Å². The zero-order valence-corrected chi connectivity index (χ0v) is 11.8. The molecule has 4 nitrogen and oxygen atoms in total. The first kappa shape index (κ1) is 11.8. The number of carbonyl (C=O) groups is 1. The number of thiazole rings is 1. The summed E-state index contributed by atoms with van der Waals surface area (Å²) in [6, 6.07) is 3.47. The van der Waals surface area contributed by atoms with E-state index in [1.807, 2.05) is 5.38 Å². The van der Waals surface area contributed by atoms with Crippen molar-refractivity contribution < 1.29 is 4.79 Å². The number of amides is 1. The van der Waals surface area contributed by atoms with E-state index in [0.29, 0.717) is 21.2 Å². The molecule has 1 saturated carbocycles. The first-order valence-electron chi connectivity index (χ1n) is 5.61. The number of carbonyl (C=O) groups excluding carboxylic acids is 1. The van der Waals surface area contributed by atoms with Crippen LogP contribution in [0.15, 0.2) is 28.3 Å². The third-order valence-corrected chi connectivity index (χ3v) is 3.97. The fourth-order valence-electron chi connectivity index (χ4n) is 1.59. The van der Waals surface area contributed by atoms with E-state index in [2.05, 4.69) is 31.2 Å². The smallest absolute Gasteiger partial charge is 0.259 e. The first-order valence-corrected chi connectivity index (χ1v) is 7.28. The van der Waals surface area contributed by atoms with E-state index < -0.39 is 0 Å². The Morgan fingerprint density at radius 1 is 1.44 bits per heavy atom. The monoisotopic (exact) mass is 323 g/mol. The van der Waals surface area contributed by atoms with Crippen molar-refractivity contribution in [2.24, 2.45) is 0 Å². The van der Waals surface area contributed by atoms with Crippen molar-refractivity contribution in [1.82, 2.24) is 9.97 Å². The zero-order valence-electron chi connectivity index (χ0n) is 9.39. The van der Waals surface area contributed by atoms with Gasteiger partial charge in [0.15, 0.2) is 5.13 Å². The van der Waals surface area contributed by atoms with Gasteiger partial charge in [0, 0.05) is 17.5 Å². The van der Waals surface area contributed by atoms with Crippen LogP contribution in [0, 0.1) is 0 Å². The van der Waals surface area contributed by atoms with E-state index in [4.69, 9.17) is 0 Å². The van der Waals surface area contributed by atoms with Gasteiger partial charge < -0.3 is 0 Å². The molecule has 3 rings (SSSR count). The quantitative estimate of drug-likeness (QED) is 0.880. The lowest BCUT2D eigenvalue weighted by molar-refractivity contribution is 0.102. The van der Waals surface area contributed by atoms with Gasteiger partial charge in [-0.25, -0.2) is 9.97 Å². The summed E-state index contributed by atoms with van der Waals surface area (Å²) in [6.07, 6.45) is 3.97. The molecule has 0 bridgehead atoms. The van der Waals surface area contributed by atoms with Gasteiger partial charge in [0.2, 0.25) is 0 Å². The van der Waals surface area contributed by atoms with Gasteiger partial charge >= 0.3 is 0 Å². The van der Waals surface area contributed by atoms with Crippen LogP contribution in [0.1, 0.15) is 34.8 Å². The van der Waals surface area contributed by atoms with Crippen LogP contribution in [0.3, 0.4) is 0 Å². The second-order valence-electron chi connectivity index (χ2n) is 4.18. The first-order chi connectivity index (χ1) is 8.72. The molecule has 0 radical (unpaired) electrons. The highest BCUT2D eigenvalue weighted by atomic mass is 79.9. The second-order valence-corrected chi connectivity index (χ2v) is 5.85. The highest BCUT2D eigenvalue weighted by Gasteiger charge is 2.26. The molecule has 0 unspecified atom stereocenters. The maximum atomic E-state index is 11.9. The number of nitrogens with one attached hydrogen (secondary N) is 1. The van der Waals surface area contributed by atoms with Gasteiger partial charge in [0.25, 0.3) is 5.91 Å². The van der Waals surface area contributed by atoms with Crippen molar-refractivity contribution in [1.29, 1.82) is 0 Å². The number of pyridine rings is 1. The molecule has 18 heavy (non-hydrogen) atoms. The summed E-state index contributed by atoms with van der Waals surface area (Å²) in [5.41, 5.74) is 1.63. The fourth-order valence-corrected chi connectivity index (χ4v) is 2.61. The Kier molecular flexibility index (Phi) is 3.13. The Morgan fingerprint density at radius 2 is 2.28 bits per heavy atom. The van der Waals surface area contributed by atoms with Gasteiger partial charge in [0.1, 0.15) is 4.60 Å². The third kappa shape index (κ3) is 2.59. The molecule has 1 amide bonds. The number of aromatic nitrogens is 2. The van der Waals surface area contributed by atoms with Crippen molar-refractivity contribution in [2.45, 2.75) is 18.8 Å². The fraction of sp³-hybridized carbons (Fsp3) is 0.250. The van der Waals surface area contributed by atoms with E-state index in [9.17, 15) is 4.79 Å². The Labute approximate surface area is 117 Å². The molecule has 6 heteroatoms. The van der Waals surface area contributed by atoms with E-state index >= 15 is 0 Å². The van der Waals surface area contributed by atoms with Crippen molar-refractivity contribution in [3.05, 3.63) is 39.6 Å². The SMILES string of the molecule is O=C(Nc1nc(C2CC2)cs1)c1ccc(Br)nc1. The summed E-state index contributed by atoms with van der Waals surface area (Å²) in [5.74, 6) is 0.438. The van der Waals surface area contributed by atoms with Crippen LogP contribution in [-0.2, 0) is 0 Å². The standard InChI is InChI=1S/C12H10BrN3OS/c13-10-4-3-8(5-14-10)11(17)16-12-15-9(6-18-12)7-1-2-7/h3-7H,1-2H2,(H,15,16,17). The molecule has 0 saturated heterocycles. The van der Waals surface area contributed by atoms with Gasteiger partial charge in [-0.3, -0.25) is 10.1 Å². The number of halogens is 1. The van der Waals surface area contributed by atoms with Crippen LogP contribution in [0.2, 0.25) is 0 Å². The maximum absolute atomic E-state index is 11.9. The summed E-state index contributed by atoms with van der Waals surface area (Å²) in [6.45, 7) is 0. The predicted octanol–water partition coefficient (Wildman–Crippen LogP) is 3.43. The minimum atomic E-state index is -0.174. The maximum Gasteiger partial charge on any atom is 0.259 e. The summed E-state index contributed by atoms with van der Waals surface area (Å²) >= 11 is 4.71. The molecule has 0 spiro atoms. The minimum absolute atomic E-state index is 0.174. The lowest BCUT2D eigenvalue weighted by Crippen LogP contribution is -2.11. The summed E-state index contributed by atoms with van der Waals surface area (Å²) in [7, 11) is 0. The Bertz CT molecular complexity index is 577. The molecule has 0 aliphatic heterocycles. The van der Waals surface area contributed by atoms with Crippen LogP contribution >= 0.6 is 27.3 Å². The largest absolute Gasteiger partial charge is 0.298 e. The minimum Gasteiger partial charge on any atom is -0.298 e. The average Bonchev–Trinajstić information content (AvgIpc) is 3.11. The number of hydrogen-bond donors (Lipinski definition) is 1. The molecular formula is C12H10BrN3OS. The molecule has 1 aliphatic rings. The average molecular weight is 324 g/mol. The number of hydrogen-bond acceptors (Lipinski definition) is 4. The van der Waals surface area contributed by atoms with Crippen LogP contribution < -0.4 is 5.32 Å². The van der Waals surface area contributed by atoms with E-state index in [1.54, 1.807) is 12.1 Å². The van der Waals surface area contributed by atoms with Gasteiger partial charge in [-0.15, -0.1) is 11.3 Å². The van der Waals surface area contributed by atoms with Crippen LogP contribution in [0.4, 0.5) is 5.13 Å². The van der Waals surface area contributed by atoms with Crippen LogP contribution in [-0.4, -0.2) is 15.9 Å². The van der Waals surface area contributed by atoms with Crippen molar-refractivity contribution in [2.75, 3.05) is 5.32 Å². The summed E-state index contributed by atoms with van der Waals surface area (Å²) < 4.78 is 0.712. The number of anilines is 1. The second kappa shape index (κ2) is 4.78. The molecule has 1 aliphatic carbocycles. The van der Waals surface area contributed by atoms with Crippen LogP contribution in [0.5, 0.6) is 0 Å². The van der Waals surface area contributed by atoms with Crippen LogP contribution in [0.25, 0.3) is 0 Å². The lowest BCUT2D eigenvalue weighted by Gasteiger charge is -2.00. The summed E-state index contributed by atoms with van der Waals surface area (Å²) in [5, 5.41) is 5.47. The Morgan fingerprint density at radius 3 is 2.94 bits per heavy atom. The molecule has 0 atom stereocenters. The molecule has 0 aromatic carbocycles. The molecule has 2 heterocycles. The molecule has 1 N–H and O–H groups in total. The highest BCUT2D eigenvalue weighted by molar-refractivity contribution is 9.10. The van der Waals surface area contributed by atoms with E-state index in [0.717, 1.165) is 5.69 Å². The molecule has 1 fully saturated rings. The lowest BCUT2D eigenvalue weighted by atomic mass is 10.3. The Hall–Kier alpha value is -1.27. The van der Waals surface area contributed by atoms with Gasteiger partial charge in [-0.05, 0) is 40.9 Å². The van der Waals surface area contributed by atoms with Gasteiger partial charge in [-0.2, -0.15) is 0 Å². The Balaban J connectivity index is 1.70. The highest BCUT2D eigenvalue weighted by Crippen LogP contribution is 2.40. The molecule has 2 aromatic heterocycles. The van der Waals surface area contributed by atoms with Gasteiger partial charge in [-0.1, -0.05) is 0 Å². The molecule has 92 valence electrons. The molecule has 2 aromatic rings. The zero-order chi connectivity index (χ0) is 12.5. The van der Waals surface area contributed by atoms with Crippen molar-refractivity contribution in [3.8, 4) is 0 Å². The van der Waals surface area contributed by atoms with E-state index in [-0.39, 0.29) is 5.91 Å².